The third-order valence-corrected chi connectivity index (χ3v) is 3.17. The maximum Gasteiger partial charge on any atom is 0.220 e. The molecule has 2 aromatic rings. The number of halogens is 2. The number of pyridine rings is 1. The summed E-state index contributed by atoms with van der Waals surface area (Å²) in [5.41, 5.74) is 1.24. The quantitative estimate of drug-likeness (QED) is 0.919. The summed E-state index contributed by atoms with van der Waals surface area (Å²) in [4.78, 5) is 15.8. The van der Waals surface area contributed by atoms with Gasteiger partial charge in [0.15, 0.2) is 0 Å². The topological polar surface area (TPSA) is 42.0 Å². The van der Waals surface area contributed by atoms with Gasteiger partial charge in [-0.25, -0.2) is 8.78 Å². The summed E-state index contributed by atoms with van der Waals surface area (Å²) in [6, 6.07) is 6.53. The number of aromatic nitrogens is 1. The van der Waals surface area contributed by atoms with E-state index >= 15 is 0 Å². The highest BCUT2D eigenvalue weighted by molar-refractivity contribution is 5.76. The SMILES string of the molecule is CC(NC(=O)CCc1cccnc1)c1ccc(F)cc1F. The van der Waals surface area contributed by atoms with Crippen molar-refractivity contribution in [1.82, 2.24) is 10.3 Å². The molecule has 1 unspecified atom stereocenters. The average Bonchev–Trinajstić information content (AvgIpc) is 2.46. The Kier molecular flexibility index (Phi) is 4.98. The van der Waals surface area contributed by atoms with Gasteiger partial charge in [-0.2, -0.15) is 0 Å². The average molecular weight is 290 g/mol. The molecule has 0 aliphatic carbocycles. The molecule has 110 valence electrons. The van der Waals surface area contributed by atoms with E-state index in [4.69, 9.17) is 0 Å². The molecule has 1 heterocycles. The first-order valence-electron chi connectivity index (χ1n) is 6.69. The standard InChI is InChI=1S/C16H16F2N2O/c1-11(14-6-5-13(17)9-15(14)18)20-16(21)7-4-12-3-2-8-19-10-12/h2-3,5-6,8-11H,4,7H2,1H3,(H,20,21). The lowest BCUT2D eigenvalue weighted by Crippen LogP contribution is -2.27. The van der Waals surface area contributed by atoms with Gasteiger partial charge in [-0.1, -0.05) is 12.1 Å². The van der Waals surface area contributed by atoms with Gasteiger partial charge in [-0.05, 0) is 31.0 Å². The van der Waals surface area contributed by atoms with Gasteiger partial charge >= 0.3 is 0 Å². The van der Waals surface area contributed by atoms with Crippen molar-refractivity contribution in [3.8, 4) is 0 Å². The molecule has 1 aromatic heterocycles. The lowest BCUT2D eigenvalue weighted by molar-refractivity contribution is -0.121. The molecule has 0 fully saturated rings. The van der Waals surface area contributed by atoms with E-state index < -0.39 is 17.7 Å². The number of hydrogen-bond acceptors (Lipinski definition) is 2. The third-order valence-electron chi connectivity index (χ3n) is 3.17. The van der Waals surface area contributed by atoms with Crippen LogP contribution in [0, 0.1) is 11.6 Å². The van der Waals surface area contributed by atoms with Crippen LogP contribution in [-0.4, -0.2) is 10.9 Å². The molecule has 1 N–H and O–H groups in total. The molecule has 0 bridgehead atoms. The van der Waals surface area contributed by atoms with Crippen LogP contribution < -0.4 is 5.32 Å². The first-order chi connectivity index (χ1) is 10.1. The summed E-state index contributed by atoms with van der Waals surface area (Å²) >= 11 is 0. The Morgan fingerprint density at radius 2 is 2.14 bits per heavy atom. The maximum absolute atomic E-state index is 13.6. The van der Waals surface area contributed by atoms with Crippen molar-refractivity contribution >= 4 is 5.91 Å². The summed E-state index contributed by atoms with van der Waals surface area (Å²) in [7, 11) is 0. The fraction of sp³-hybridized carbons (Fsp3) is 0.250. The van der Waals surface area contributed by atoms with E-state index in [2.05, 4.69) is 10.3 Å². The highest BCUT2D eigenvalue weighted by atomic mass is 19.1. The van der Waals surface area contributed by atoms with Gasteiger partial charge in [0.05, 0.1) is 6.04 Å². The number of hydrogen-bond donors (Lipinski definition) is 1. The fourth-order valence-electron chi connectivity index (χ4n) is 2.05. The second kappa shape index (κ2) is 6.92. The molecule has 0 saturated carbocycles. The number of aryl methyl sites for hydroxylation is 1. The molecule has 0 aliphatic heterocycles. The van der Waals surface area contributed by atoms with Crippen LogP contribution in [0.1, 0.15) is 30.5 Å². The zero-order valence-corrected chi connectivity index (χ0v) is 11.6. The van der Waals surface area contributed by atoms with Crippen LogP contribution in [0.2, 0.25) is 0 Å². The van der Waals surface area contributed by atoms with E-state index in [0.717, 1.165) is 11.6 Å². The van der Waals surface area contributed by atoms with Crippen molar-refractivity contribution < 1.29 is 13.6 Å². The first-order valence-corrected chi connectivity index (χ1v) is 6.69. The van der Waals surface area contributed by atoms with Gasteiger partial charge in [0.1, 0.15) is 11.6 Å². The number of benzene rings is 1. The molecule has 0 aliphatic rings. The van der Waals surface area contributed by atoms with Crippen LogP contribution in [-0.2, 0) is 11.2 Å². The van der Waals surface area contributed by atoms with Crippen LogP contribution in [0.3, 0.4) is 0 Å². The molecule has 0 radical (unpaired) electrons. The van der Waals surface area contributed by atoms with Crippen molar-refractivity contribution in [2.24, 2.45) is 0 Å². The number of nitrogens with zero attached hydrogens (tertiary/aromatic N) is 1. The zero-order valence-electron chi connectivity index (χ0n) is 11.6. The van der Waals surface area contributed by atoms with E-state index in [1.54, 1.807) is 19.3 Å². The smallest absolute Gasteiger partial charge is 0.220 e. The normalized spacial score (nSPS) is 12.0. The number of amides is 1. The molecular formula is C16H16F2N2O. The first kappa shape index (κ1) is 15.1. The monoisotopic (exact) mass is 290 g/mol. The largest absolute Gasteiger partial charge is 0.349 e. The fourth-order valence-corrected chi connectivity index (χ4v) is 2.05. The molecule has 21 heavy (non-hydrogen) atoms. The number of carbonyl (C=O) groups excluding carboxylic acids is 1. The summed E-state index contributed by atoms with van der Waals surface area (Å²) in [5, 5.41) is 2.70. The Labute approximate surface area is 122 Å². The second-order valence-corrected chi connectivity index (χ2v) is 4.82. The van der Waals surface area contributed by atoms with Gasteiger partial charge in [-0.15, -0.1) is 0 Å². The van der Waals surface area contributed by atoms with Crippen molar-refractivity contribution in [2.45, 2.75) is 25.8 Å². The molecule has 1 aromatic carbocycles. The molecule has 1 atom stereocenters. The third kappa shape index (κ3) is 4.34. The number of rotatable bonds is 5. The minimum Gasteiger partial charge on any atom is -0.349 e. The molecule has 0 spiro atoms. The maximum atomic E-state index is 13.6. The Morgan fingerprint density at radius 1 is 1.33 bits per heavy atom. The van der Waals surface area contributed by atoms with Crippen molar-refractivity contribution in [1.29, 1.82) is 0 Å². The highest BCUT2D eigenvalue weighted by Gasteiger charge is 2.14. The summed E-state index contributed by atoms with van der Waals surface area (Å²) in [6.07, 6.45) is 4.23. The van der Waals surface area contributed by atoms with Gasteiger partial charge in [0.25, 0.3) is 0 Å². The minimum atomic E-state index is -0.657. The van der Waals surface area contributed by atoms with Crippen molar-refractivity contribution in [2.75, 3.05) is 0 Å². The summed E-state index contributed by atoms with van der Waals surface area (Å²) in [5.74, 6) is -1.48. The summed E-state index contributed by atoms with van der Waals surface area (Å²) in [6.45, 7) is 1.66. The van der Waals surface area contributed by atoms with E-state index in [9.17, 15) is 13.6 Å². The van der Waals surface area contributed by atoms with Crippen molar-refractivity contribution in [3.05, 3.63) is 65.5 Å². The van der Waals surface area contributed by atoms with Crippen LogP contribution in [0.25, 0.3) is 0 Å². The second-order valence-electron chi connectivity index (χ2n) is 4.82. The molecule has 1 amide bonds. The predicted octanol–water partition coefficient (Wildman–Crippen LogP) is 3.17. The van der Waals surface area contributed by atoms with Crippen LogP contribution in [0.4, 0.5) is 8.78 Å². The lowest BCUT2D eigenvalue weighted by Gasteiger charge is -2.15. The predicted molar refractivity (Wildman–Crippen MR) is 75.5 cm³/mol. The molecule has 3 nitrogen and oxygen atoms in total. The minimum absolute atomic E-state index is 0.185. The zero-order chi connectivity index (χ0) is 15.2. The van der Waals surface area contributed by atoms with Gasteiger partial charge in [0.2, 0.25) is 5.91 Å². The molecule has 2 rings (SSSR count). The Balaban J connectivity index is 1.90. The lowest BCUT2D eigenvalue weighted by atomic mass is 10.1. The van der Waals surface area contributed by atoms with E-state index in [1.807, 2.05) is 12.1 Å². The number of nitrogens with one attached hydrogen (secondary N) is 1. The Morgan fingerprint density at radius 3 is 2.81 bits per heavy atom. The van der Waals surface area contributed by atoms with Crippen LogP contribution in [0.5, 0.6) is 0 Å². The summed E-state index contributed by atoms with van der Waals surface area (Å²) < 4.78 is 26.5. The highest BCUT2D eigenvalue weighted by Crippen LogP contribution is 2.17. The molecule has 5 heteroatoms. The van der Waals surface area contributed by atoms with E-state index in [-0.39, 0.29) is 11.5 Å². The Bertz CT molecular complexity index is 617. The van der Waals surface area contributed by atoms with Gasteiger partial charge in [-0.3, -0.25) is 9.78 Å². The van der Waals surface area contributed by atoms with Crippen LogP contribution >= 0.6 is 0 Å². The molecular weight excluding hydrogens is 274 g/mol. The van der Waals surface area contributed by atoms with Gasteiger partial charge in [0, 0.05) is 30.4 Å². The van der Waals surface area contributed by atoms with Crippen LogP contribution in [0.15, 0.2) is 42.7 Å². The van der Waals surface area contributed by atoms with Gasteiger partial charge < -0.3 is 5.32 Å². The van der Waals surface area contributed by atoms with E-state index in [0.29, 0.717) is 12.8 Å². The Hall–Kier alpha value is -2.30. The number of carbonyl (C=O) groups is 1. The van der Waals surface area contributed by atoms with Crippen molar-refractivity contribution in [3.63, 3.8) is 0 Å². The van der Waals surface area contributed by atoms with E-state index in [1.165, 1.54) is 12.1 Å². The molecule has 0 saturated heterocycles.